The van der Waals surface area contributed by atoms with Crippen LogP contribution < -0.4 is 19.7 Å². The average Bonchev–Trinajstić information content (AvgIpc) is 3.45. The number of rotatable bonds is 7. The number of benzene rings is 1. The summed E-state index contributed by atoms with van der Waals surface area (Å²) in [6, 6.07) is 7.97. The van der Waals surface area contributed by atoms with E-state index in [9.17, 15) is 13.2 Å². The van der Waals surface area contributed by atoms with E-state index in [0.717, 1.165) is 31.6 Å². The number of alkyl halides is 3. The van der Waals surface area contributed by atoms with Crippen molar-refractivity contribution in [3.05, 3.63) is 36.0 Å². The molecule has 1 saturated heterocycles. The lowest BCUT2D eigenvalue weighted by Gasteiger charge is -2.38. The molecular weight excluding hydrogens is 481 g/mol. The van der Waals surface area contributed by atoms with Gasteiger partial charge in [0.25, 0.3) is 0 Å². The van der Waals surface area contributed by atoms with E-state index in [4.69, 9.17) is 4.74 Å². The highest BCUT2D eigenvalue weighted by atomic mass is 32.1. The molecule has 3 aromatic rings. The standard InChI is InChI=1S/C23H27F3N6O2S/c1-13(2)32-22(33-17-6-4-5-7-18(17)34-23(24,25)26)28-21(29-32)27-20-15-8-9-16(20)12-31(11-15)19-10-14(3)30-35-19/h4-7,10,13,15-16,20H,8-9,11-12H2,1-3H3,(H,27,29)/t15-,16+,20?. The van der Waals surface area contributed by atoms with Gasteiger partial charge in [-0.25, -0.2) is 4.68 Å². The fourth-order valence-electron chi connectivity index (χ4n) is 4.90. The number of piperidine rings is 1. The average molecular weight is 509 g/mol. The number of fused-ring (bicyclic) bond motifs is 2. The summed E-state index contributed by atoms with van der Waals surface area (Å²) >= 11 is 1.54. The molecule has 2 fully saturated rings. The molecule has 2 aliphatic rings. The summed E-state index contributed by atoms with van der Waals surface area (Å²) in [5, 5.41) is 9.27. The van der Waals surface area contributed by atoms with Crippen LogP contribution in [0.25, 0.3) is 0 Å². The smallest absolute Gasteiger partial charge is 0.420 e. The van der Waals surface area contributed by atoms with Crippen molar-refractivity contribution in [3.8, 4) is 17.5 Å². The van der Waals surface area contributed by atoms with Crippen molar-refractivity contribution < 1.29 is 22.6 Å². The Hall–Kier alpha value is -3.02. The predicted molar refractivity (Wildman–Crippen MR) is 126 cm³/mol. The number of aryl methyl sites for hydroxylation is 1. The molecule has 12 heteroatoms. The number of aromatic nitrogens is 4. The third-order valence-corrected chi connectivity index (χ3v) is 7.36. The van der Waals surface area contributed by atoms with Crippen LogP contribution in [0.5, 0.6) is 17.5 Å². The van der Waals surface area contributed by atoms with Crippen LogP contribution >= 0.6 is 11.5 Å². The van der Waals surface area contributed by atoms with Crippen LogP contribution in [-0.4, -0.2) is 44.6 Å². The molecule has 2 bridgehead atoms. The summed E-state index contributed by atoms with van der Waals surface area (Å²) in [7, 11) is 0. The van der Waals surface area contributed by atoms with Crippen molar-refractivity contribution in [3.63, 3.8) is 0 Å². The zero-order chi connectivity index (χ0) is 24.7. The molecule has 1 saturated carbocycles. The van der Waals surface area contributed by atoms with E-state index in [1.165, 1.54) is 34.7 Å². The van der Waals surface area contributed by atoms with Gasteiger partial charge in [-0.15, -0.1) is 18.3 Å². The van der Waals surface area contributed by atoms with Gasteiger partial charge in [0.2, 0.25) is 5.95 Å². The zero-order valence-corrected chi connectivity index (χ0v) is 20.4. The summed E-state index contributed by atoms with van der Waals surface area (Å²) in [6.07, 6.45) is -2.59. The molecule has 3 heterocycles. The number of nitrogens with one attached hydrogen (secondary N) is 1. The first-order valence-corrected chi connectivity index (χ1v) is 12.4. The number of hydrogen-bond donors (Lipinski definition) is 1. The van der Waals surface area contributed by atoms with E-state index in [0.29, 0.717) is 17.8 Å². The number of ether oxygens (including phenoxy) is 2. The topological polar surface area (TPSA) is 77.3 Å². The molecule has 5 rings (SSSR count). The highest BCUT2D eigenvalue weighted by Crippen LogP contribution is 2.41. The van der Waals surface area contributed by atoms with E-state index < -0.39 is 12.1 Å². The molecule has 8 nitrogen and oxygen atoms in total. The molecule has 1 aliphatic heterocycles. The molecule has 0 spiro atoms. The predicted octanol–water partition coefficient (Wildman–Crippen LogP) is 5.64. The Morgan fingerprint density at radius 1 is 1.11 bits per heavy atom. The molecular formula is C23H27F3N6O2S. The molecule has 0 radical (unpaired) electrons. The maximum Gasteiger partial charge on any atom is 0.573 e. The van der Waals surface area contributed by atoms with Gasteiger partial charge < -0.3 is 19.7 Å². The minimum Gasteiger partial charge on any atom is -0.420 e. The number of hydrogen-bond acceptors (Lipinski definition) is 8. The number of halogens is 3. The van der Waals surface area contributed by atoms with Crippen LogP contribution in [-0.2, 0) is 0 Å². The third kappa shape index (κ3) is 5.16. The Morgan fingerprint density at radius 2 is 1.80 bits per heavy atom. The van der Waals surface area contributed by atoms with Gasteiger partial charge in [0.05, 0.1) is 11.7 Å². The Kier molecular flexibility index (Phi) is 6.24. The minimum absolute atomic E-state index is 0.0843. The Labute approximate surface area is 205 Å². The molecule has 1 unspecified atom stereocenters. The van der Waals surface area contributed by atoms with Crippen LogP contribution in [0.3, 0.4) is 0 Å². The van der Waals surface area contributed by atoms with Gasteiger partial charge in [0.15, 0.2) is 11.5 Å². The number of para-hydroxylation sites is 2. The first-order valence-electron chi connectivity index (χ1n) is 11.6. The summed E-state index contributed by atoms with van der Waals surface area (Å²) in [6.45, 7) is 7.69. The van der Waals surface area contributed by atoms with Crippen molar-refractivity contribution in [2.75, 3.05) is 23.3 Å². The fraction of sp³-hybridized carbons (Fsp3) is 0.522. The second-order valence-electron chi connectivity index (χ2n) is 9.33. The second kappa shape index (κ2) is 9.21. The summed E-state index contributed by atoms with van der Waals surface area (Å²) in [4.78, 5) is 6.91. The SMILES string of the molecule is Cc1cc(N2C[C@H]3CC[C@@H](C2)C3Nc2nc(Oc3ccccc3OC(F)(F)F)n(C(C)C)n2)sn1. The molecule has 188 valence electrons. The van der Waals surface area contributed by atoms with Gasteiger partial charge in [0, 0.05) is 19.1 Å². The van der Waals surface area contributed by atoms with Crippen molar-refractivity contribution in [1.29, 1.82) is 0 Å². The maximum absolute atomic E-state index is 12.8. The van der Waals surface area contributed by atoms with E-state index in [1.807, 2.05) is 20.8 Å². The molecule has 1 aliphatic carbocycles. The van der Waals surface area contributed by atoms with Crippen molar-refractivity contribution in [1.82, 2.24) is 19.1 Å². The Morgan fingerprint density at radius 3 is 2.40 bits per heavy atom. The lowest BCUT2D eigenvalue weighted by molar-refractivity contribution is -0.275. The van der Waals surface area contributed by atoms with Crippen LogP contribution in [0.4, 0.5) is 24.1 Å². The molecule has 0 amide bonds. The summed E-state index contributed by atoms with van der Waals surface area (Å²) in [5.74, 6) is 0.766. The van der Waals surface area contributed by atoms with Gasteiger partial charge in [-0.3, -0.25) is 0 Å². The first kappa shape index (κ1) is 23.7. The van der Waals surface area contributed by atoms with Gasteiger partial charge in [-0.05, 0) is 75.2 Å². The van der Waals surface area contributed by atoms with Crippen LogP contribution in [0.1, 0.15) is 38.4 Å². The van der Waals surface area contributed by atoms with E-state index in [1.54, 1.807) is 10.7 Å². The number of anilines is 2. The van der Waals surface area contributed by atoms with Crippen LogP contribution in [0, 0.1) is 18.8 Å². The van der Waals surface area contributed by atoms with E-state index in [-0.39, 0.29) is 23.8 Å². The normalized spacial score (nSPS) is 22.0. The lowest BCUT2D eigenvalue weighted by Crippen LogP contribution is -2.48. The highest BCUT2D eigenvalue weighted by molar-refractivity contribution is 7.10. The Balaban J connectivity index is 1.33. The quantitative estimate of drug-likeness (QED) is 0.442. The van der Waals surface area contributed by atoms with Gasteiger partial charge in [-0.1, -0.05) is 12.1 Å². The maximum atomic E-state index is 12.8. The van der Waals surface area contributed by atoms with Gasteiger partial charge in [0.1, 0.15) is 5.00 Å². The van der Waals surface area contributed by atoms with E-state index in [2.05, 4.69) is 35.5 Å². The van der Waals surface area contributed by atoms with Gasteiger partial charge >= 0.3 is 12.4 Å². The summed E-state index contributed by atoms with van der Waals surface area (Å²) in [5.41, 5.74) is 1.04. The molecule has 1 N–H and O–H groups in total. The van der Waals surface area contributed by atoms with Crippen LogP contribution in [0.2, 0.25) is 0 Å². The van der Waals surface area contributed by atoms with Crippen molar-refractivity contribution >= 4 is 22.5 Å². The number of nitrogens with zero attached hydrogens (tertiary/aromatic N) is 5. The molecule has 1 aromatic carbocycles. The Bertz CT molecular complexity index is 1170. The van der Waals surface area contributed by atoms with Crippen molar-refractivity contribution in [2.24, 2.45) is 11.8 Å². The first-order chi connectivity index (χ1) is 16.7. The van der Waals surface area contributed by atoms with Crippen LogP contribution in [0.15, 0.2) is 30.3 Å². The van der Waals surface area contributed by atoms with Gasteiger partial charge in [-0.2, -0.15) is 9.36 Å². The highest BCUT2D eigenvalue weighted by Gasteiger charge is 2.43. The summed E-state index contributed by atoms with van der Waals surface area (Å²) < 4.78 is 54.3. The monoisotopic (exact) mass is 508 g/mol. The third-order valence-electron chi connectivity index (χ3n) is 6.42. The molecule has 35 heavy (non-hydrogen) atoms. The van der Waals surface area contributed by atoms with E-state index >= 15 is 0 Å². The molecule has 2 aromatic heterocycles. The van der Waals surface area contributed by atoms with Crippen molar-refractivity contribution in [2.45, 2.75) is 52.1 Å². The second-order valence-corrected chi connectivity index (χ2v) is 10.1. The minimum atomic E-state index is -4.83. The lowest BCUT2D eigenvalue weighted by atomic mass is 9.92. The molecule has 3 atom stereocenters. The zero-order valence-electron chi connectivity index (χ0n) is 19.6. The fourth-order valence-corrected chi connectivity index (χ4v) is 5.68. The largest absolute Gasteiger partial charge is 0.573 e.